The zero-order valence-corrected chi connectivity index (χ0v) is 18.0. The van der Waals surface area contributed by atoms with Crippen molar-refractivity contribution in [2.45, 2.75) is 13.0 Å². The number of primary amides is 1. The lowest BCUT2D eigenvalue weighted by Crippen LogP contribution is -2.24. The molecule has 9 heteroatoms. The molecule has 156 valence electrons. The number of aromatic nitrogens is 3. The summed E-state index contributed by atoms with van der Waals surface area (Å²) in [6, 6.07) is 15.1. The minimum absolute atomic E-state index is 0.0928. The van der Waals surface area contributed by atoms with E-state index in [1.54, 1.807) is 17.4 Å². The molecule has 0 saturated heterocycles. The van der Waals surface area contributed by atoms with Crippen molar-refractivity contribution in [3.8, 4) is 5.69 Å². The molecular formula is C22H18ClN5O2S. The van der Waals surface area contributed by atoms with Gasteiger partial charge in [-0.2, -0.15) is 0 Å². The van der Waals surface area contributed by atoms with E-state index in [4.69, 9.17) is 17.3 Å². The van der Waals surface area contributed by atoms with Gasteiger partial charge < -0.3 is 11.1 Å². The fourth-order valence-electron chi connectivity index (χ4n) is 3.05. The number of carbonyl (C=O) groups is 2. The van der Waals surface area contributed by atoms with Crippen molar-refractivity contribution in [2.24, 2.45) is 5.73 Å². The predicted octanol–water partition coefficient (Wildman–Crippen LogP) is 4.12. The van der Waals surface area contributed by atoms with Crippen LogP contribution in [0.1, 0.15) is 33.9 Å². The third-order valence-electron chi connectivity index (χ3n) is 4.71. The molecule has 2 aromatic carbocycles. The Balaban J connectivity index is 1.41. The van der Waals surface area contributed by atoms with Crippen LogP contribution in [-0.2, 0) is 4.79 Å². The van der Waals surface area contributed by atoms with E-state index >= 15 is 0 Å². The van der Waals surface area contributed by atoms with Gasteiger partial charge in [0.25, 0.3) is 5.91 Å². The Morgan fingerprint density at radius 2 is 1.94 bits per heavy atom. The Labute approximate surface area is 187 Å². The van der Waals surface area contributed by atoms with Crippen LogP contribution in [0.15, 0.2) is 60.8 Å². The molecule has 4 rings (SSSR count). The van der Waals surface area contributed by atoms with Crippen LogP contribution in [0.4, 0.5) is 0 Å². The summed E-state index contributed by atoms with van der Waals surface area (Å²) in [7, 11) is 0. The Kier molecular flexibility index (Phi) is 5.83. The van der Waals surface area contributed by atoms with Gasteiger partial charge in [0.2, 0.25) is 5.91 Å². The number of hydrogen-bond acceptors (Lipinski definition) is 5. The molecule has 0 aliphatic heterocycles. The summed E-state index contributed by atoms with van der Waals surface area (Å²) in [5, 5.41) is 12.2. The molecule has 3 N–H and O–H groups in total. The number of nitrogens with one attached hydrogen (secondary N) is 1. The average molecular weight is 452 g/mol. The van der Waals surface area contributed by atoms with Gasteiger partial charge in [-0.1, -0.05) is 47.1 Å². The molecule has 7 nitrogen and oxygen atoms in total. The van der Waals surface area contributed by atoms with E-state index in [-0.39, 0.29) is 17.6 Å². The molecular weight excluding hydrogens is 434 g/mol. The Morgan fingerprint density at radius 3 is 2.61 bits per heavy atom. The molecule has 0 spiro atoms. The first-order chi connectivity index (χ1) is 14.9. The smallest absolute Gasteiger partial charge is 0.270 e. The number of carbonyl (C=O) groups excluding carboxylic acids is 2. The summed E-state index contributed by atoms with van der Waals surface area (Å²) in [4.78, 5) is 24.4. The zero-order valence-electron chi connectivity index (χ0n) is 16.4. The summed E-state index contributed by atoms with van der Waals surface area (Å²) in [5.74, 6) is -0.850. The molecule has 0 aliphatic rings. The fraction of sp³-hybridized carbons (Fsp3) is 0.0909. The molecule has 0 fully saturated rings. The van der Waals surface area contributed by atoms with E-state index in [9.17, 15) is 9.59 Å². The lowest BCUT2D eigenvalue weighted by atomic mass is 10.1. The normalized spacial score (nSPS) is 12.3. The number of nitrogens with zero attached hydrogens (tertiary/aromatic N) is 3. The maximum atomic E-state index is 12.4. The van der Waals surface area contributed by atoms with E-state index in [0.717, 1.165) is 26.2 Å². The van der Waals surface area contributed by atoms with E-state index in [1.807, 2.05) is 55.5 Å². The minimum Gasteiger partial charge on any atom is -0.364 e. The molecule has 1 atom stereocenters. The minimum atomic E-state index is -0.635. The highest BCUT2D eigenvalue weighted by Gasteiger charge is 2.11. The largest absolute Gasteiger partial charge is 0.364 e. The van der Waals surface area contributed by atoms with Gasteiger partial charge in [0.1, 0.15) is 0 Å². The number of fused-ring (bicyclic) bond motifs is 1. The molecule has 31 heavy (non-hydrogen) atoms. The first kappa shape index (κ1) is 20.8. The average Bonchev–Trinajstić information content (AvgIpc) is 3.38. The Bertz CT molecular complexity index is 1290. The van der Waals surface area contributed by atoms with Crippen molar-refractivity contribution in [2.75, 3.05) is 0 Å². The van der Waals surface area contributed by atoms with E-state index < -0.39 is 5.91 Å². The monoisotopic (exact) mass is 451 g/mol. The van der Waals surface area contributed by atoms with Crippen LogP contribution in [0.5, 0.6) is 0 Å². The first-order valence-corrected chi connectivity index (χ1v) is 10.6. The molecule has 0 aliphatic carbocycles. The molecule has 4 aromatic rings. The van der Waals surface area contributed by atoms with Crippen LogP contribution < -0.4 is 11.1 Å². The van der Waals surface area contributed by atoms with Gasteiger partial charge in [-0.3, -0.25) is 9.59 Å². The second kappa shape index (κ2) is 8.71. The van der Waals surface area contributed by atoms with Crippen molar-refractivity contribution >= 4 is 50.9 Å². The lowest BCUT2D eigenvalue weighted by Gasteiger charge is -2.13. The van der Waals surface area contributed by atoms with Crippen molar-refractivity contribution in [3.05, 3.63) is 82.0 Å². The van der Waals surface area contributed by atoms with Gasteiger partial charge in [-0.05, 0) is 36.8 Å². The maximum Gasteiger partial charge on any atom is 0.270 e. The maximum absolute atomic E-state index is 12.4. The molecule has 0 radical (unpaired) electrons. The third-order valence-corrected chi connectivity index (χ3v) is 6.36. The van der Waals surface area contributed by atoms with E-state index in [0.29, 0.717) is 5.02 Å². The van der Waals surface area contributed by atoms with Crippen LogP contribution in [0, 0.1) is 0 Å². The van der Waals surface area contributed by atoms with Gasteiger partial charge in [0.15, 0.2) is 5.69 Å². The van der Waals surface area contributed by atoms with E-state index in [2.05, 4.69) is 15.6 Å². The Morgan fingerprint density at radius 1 is 1.19 bits per heavy atom. The number of thiophene rings is 1. The topological polar surface area (TPSA) is 103 Å². The lowest BCUT2D eigenvalue weighted by molar-refractivity contribution is -0.117. The number of hydrogen-bond donors (Lipinski definition) is 2. The SMILES string of the molecule is CC(NC(=O)/C=C/c1sc2ccccc2c1Cl)c1ccc(-n2cc(C(N)=O)nn2)cc1. The van der Waals surface area contributed by atoms with Crippen LogP contribution in [0.25, 0.3) is 21.8 Å². The van der Waals surface area contributed by atoms with Crippen molar-refractivity contribution in [1.29, 1.82) is 0 Å². The fourth-order valence-corrected chi connectivity index (χ4v) is 4.45. The van der Waals surface area contributed by atoms with Gasteiger partial charge >= 0.3 is 0 Å². The molecule has 2 heterocycles. The molecule has 0 bridgehead atoms. The summed E-state index contributed by atoms with van der Waals surface area (Å²) in [5.41, 5.74) is 6.93. The van der Waals surface area contributed by atoms with Gasteiger partial charge in [-0.25, -0.2) is 4.68 Å². The van der Waals surface area contributed by atoms with Gasteiger partial charge in [0.05, 0.1) is 22.9 Å². The van der Waals surface area contributed by atoms with E-state index in [1.165, 1.54) is 17.0 Å². The number of amides is 2. The van der Waals surface area contributed by atoms with Crippen molar-refractivity contribution in [3.63, 3.8) is 0 Å². The number of rotatable bonds is 6. The standard InChI is InChI=1S/C22H18ClN5O2S/c1-13(14-6-8-15(9-7-14)28-12-17(22(24)30)26-27-28)25-20(29)11-10-19-21(23)16-4-2-3-5-18(16)31-19/h2-13H,1H3,(H2,24,30)(H,25,29)/b11-10+. The quantitative estimate of drug-likeness (QED) is 0.430. The highest BCUT2D eigenvalue weighted by Crippen LogP contribution is 2.35. The van der Waals surface area contributed by atoms with Gasteiger partial charge in [0, 0.05) is 21.0 Å². The number of halogens is 1. The second-order valence-corrected chi connectivity index (χ2v) is 8.31. The Hall–Kier alpha value is -3.49. The van der Waals surface area contributed by atoms with Crippen molar-refractivity contribution < 1.29 is 9.59 Å². The van der Waals surface area contributed by atoms with Crippen LogP contribution >= 0.6 is 22.9 Å². The number of nitrogens with two attached hydrogens (primary N) is 1. The van der Waals surface area contributed by atoms with Crippen LogP contribution in [-0.4, -0.2) is 26.8 Å². The van der Waals surface area contributed by atoms with Gasteiger partial charge in [-0.15, -0.1) is 16.4 Å². The number of benzene rings is 2. The summed E-state index contributed by atoms with van der Waals surface area (Å²) in [6.07, 6.45) is 4.69. The van der Waals surface area contributed by atoms with Crippen molar-refractivity contribution in [1.82, 2.24) is 20.3 Å². The predicted molar refractivity (Wildman–Crippen MR) is 122 cm³/mol. The van der Waals surface area contributed by atoms with Crippen LogP contribution in [0.3, 0.4) is 0 Å². The molecule has 2 amide bonds. The molecule has 1 unspecified atom stereocenters. The second-order valence-electron chi connectivity index (χ2n) is 6.84. The first-order valence-electron chi connectivity index (χ1n) is 9.40. The molecule has 0 saturated carbocycles. The third kappa shape index (κ3) is 4.50. The highest BCUT2D eigenvalue weighted by molar-refractivity contribution is 7.20. The zero-order chi connectivity index (χ0) is 22.0. The highest BCUT2D eigenvalue weighted by atomic mass is 35.5. The summed E-state index contributed by atoms with van der Waals surface area (Å²) >= 11 is 7.96. The summed E-state index contributed by atoms with van der Waals surface area (Å²) in [6.45, 7) is 1.90. The molecule has 2 aromatic heterocycles. The van der Waals surface area contributed by atoms with Crippen LogP contribution in [0.2, 0.25) is 5.02 Å². The summed E-state index contributed by atoms with van der Waals surface area (Å²) < 4.78 is 2.54.